The van der Waals surface area contributed by atoms with Crippen molar-refractivity contribution in [1.82, 2.24) is 15.6 Å². The molecule has 1 aromatic heterocycles. The second-order valence-electron chi connectivity index (χ2n) is 6.97. The second kappa shape index (κ2) is 12.5. The number of guanidine groups is 1. The van der Waals surface area contributed by atoms with Gasteiger partial charge in [-0.15, -0.1) is 24.0 Å². The number of hydrogen-bond acceptors (Lipinski definition) is 3. The van der Waals surface area contributed by atoms with Crippen LogP contribution >= 0.6 is 24.0 Å². The van der Waals surface area contributed by atoms with Crippen molar-refractivity contribution in [3.8, 4) is 0 Å². The third kappa shape index (κ3) is 7.39. The van der Waals surface area contributed by atoms with E-state index < -0.39 is 0 Å². The fourth-order valence-electron chi connectivity index (χ4n) is 3.52. The third-order valence-corrected chi connectivity index (χ3v) is 5.12. The lowest BCUT2D eigenvalue weighted by molar-refractivity contribution is 0.105. The quantitative estimate of drug-likeness (QED) is 0.246. The van der Waals surface area contributed by atoms with E-state index in [1.54, 1.807) is 0 Å². The zero-order chi connectivity index (χ0) is 18.0. The van der Waals surface area contributed by atoms with Gasteiger partial charge in [0.1, 0.15) is 0 Å². The summed E-state index contributed by atoms with van der Waals surface area (Å²) in [4.78, 5) is 9.17. The van der Waals surface area contributed by atoms with Crippen LogP contribution < -0.4 is 10.6 Å². The normalized spacial score (nSPS) is 16.2. The van der Waals surface area contributed by atoms with Crippen molar-refractivity contribution in [2.75, 3.05) is 26.3 Å². The smallest absolute Gasteiger partial charge is 0.191 e. The lowest BCUT2D eigenvalue weighted by atomic mass is 9.83. The van der Waals surface area contributed by atoms with Crippen molar-refractivity contribution in [3.63, 3.8) is 0 Å². The highest BCUT2D eigenvalue weighted by molar-refractivity contribution is 14.0. The molecule has 0 amide bonds. The van der Waals surface area contributed by atoms with Crippen LogP contribution in [-0.2, 0) is 11.3 Å². The van der Waals surface area contributed by atoms with E-state index in [-0.39, 0.29) is 24.0 Å². The summed E-state index contributed by atoms with van der Waals surface area (Å²) in [5, 5.41) is 6.94. The molecule has 0 saturated heterocycles. The van der Waals surface area contributed by atoms with Gasteiger partial charge in [-0.3, -0.25) is 4.98 Å². The first-order chi connectivity index (χ1) is 12.2. The summed E-state index contributed by atoms with van der Waals surface area (Å²) in [5.41, 5.74) is 2.57. The van der Waals surface area contributed by atoms with E-state index in [4.69, 9.17) is 9.73 Å². The molecule has 0 aliphatic heterocycles. The monoisotopic (exact) mass is 474 g/mol. The number of aromatic nitrogens is 1. The molecule has 0 spiro atoms. The second-order valence-corrected chi connectivity index (χ2v) is 6.97. The Balaban J connectivity index is 0.00000338. The summed E-state index contributed by atoms with van der Waals surface area (Å²) in [5.74, 6) is 0.884. The molecule has 26 heavy (non-hydrogen) atoms. The molecule has 0 radical (unpaired) electrons. The van der Waals surface area contributed by atoms with Gasteiger partial charge >= 0.3 is 0 Å². The van der Waals surface area contributed by atoms with Crippen molar-refractivity contribution in [3.05, 3.63) is 29.6 Å². The molecule has 0 unspecified atom stereocenters. The molecule has 148 valence electrons. The molecule has 0 atom stereocenters. The van der Waals surface area contributed by atoms with Crippen LogP contribution in [0.3, 0.4) is 0 Å². The van der Waals surface area contributed by atoms with Crippen LogP contribution in [-0.4, -0.2) is 37.2 Å². The number of nitrogens with one attached hydrogen (secondary N) is 2. The van der Waals surface area contributed by atoms with Crippen molar-refractivity contribution < 1.29 is 4.74 Å². The van der Waals surface area contributed by atoms with E-state index in [1.165, 1.54) is 31.2 Å². The number of aryl methyl sites for hydroxylation is 1. The first-order valence-corrected chi connectivity index (χ1v) is 9.69. The maximum atomic E-state index is 5.61. The number of aliphatic imine (C=N–C) groups is 1. The molecule has 1 heterocycles. The molecule has 1 aliphatic carbocycles. The van der Waals surface area contributed by atoms with Crippen molar-refractivity contribution in [2.24, 2.45) is 10.4 Å². The van der Waals surface area contributed by atoms with E-state index in [9.17, 15) is 0 Å². The Morgan fingerprint density at radius 1 is 1.27 bits per heavy atom. The lowest BCUT2D eigenvalue weighted by Gasteiger charge is -2.30. The predicted octanol–water partition coefficient (Wildman–Crippen LogP) is 4.05. The summed E-state index contributed by atoms with van der Waals surface area (Å²) in [6.45, 7) is 10.3. The highest BCUT2D eigenvalue weighted by atomic mass is 127. The molecule has 5 nitrogen and oxygen atoms in total. The Kier molecular flexibility index (Phi) is 11.1. The van der Waals surface area contributed by atoms with E-state index in [2.05, 4.69) is 42.5 Å². The average molecular weight is 474 g/mol. The minimum Gasteiger partial charge on any atom is -0.382 e. The van der Waals surface area contributed by atoms with Crippen LogP contribution in [0.15, 0.2) is 23.3 Å². The first-order valence-electron chi connectivity index (χ1n) is 9.69. The van der Waals surface area contributed by atoms with E-state index in [0.29, 0.717) is 12.0 Å². The zero-order valence-electron chi connectivity index (χ0n) is 16.5. The molecule has 2 rings (SSSR count). The summed E-state index contributed by atoms with van der Waals surface area (Å²) in [7, 11) is 0. The number of pyridine rings is 1. The van der Waals surface area contributed by atoms with Crippen LogP contribution in [0, 0.1) is 12.3 Å². The third-order valence-electron chi connectivity index (χ3n) is 5.12. The first kappa shape index (κ1) is 23.1. The largest absolute Gasteiger partial charge is 0.382 e. The molecule has 1 fully saturated rings. The van der Waals surface area contributed by atoms with Gasteiger partial charge in [-0.25, -0.2) is 4.99 Å². The van der Waals surface area contributed by atoms with Crippen molar-refractivity contribution in [1.29, 1.82) is 0 Å². The fourth-order valence-corrected chi connectivity index (χ4v) is 3.52. The maximum absolute atomic E-state index is 5.61. The molecular weight excluding hydrogens is 439 g/mol. The van der Waals surface area contributed by atoms with Crippen LogP contribution in [0.4, 0.5) is 0 Å². The summed E-state index contributed by atoms with van der Waals surface area (Å²) in [6.07, 6.45) is 8.19. The van der Waals surface area contributed by atoms with Gasteiger partial charge in [0.25, 0.3) is 0 Å². The van der Waals surface area contributed by atoms with Crippen molar-refractivity contribution >= 4 is 29.9 Å². The fraction of sp³-hybridized carbons (Fsp3) is 0.700. The number of halogens is 1. The van der Waals surface area contributed by atoms with Gasteiger partial charge < -0.3 is 15.4 Å². The Morgan fingerprint density at radius 3 is 2.69 bits per heavy atom. The molecular formula is C20H35IN4O. The van der Waals surface area contributed by atoms with Gasteiger partial charge in [0, 0.05) is 32.5 Å². The highest BCUT2D eigenvalue weighted by Gasteiger charge is 2.33. The van der Waals surface area contributed by atoms with Crippen LogP contribution in [0.5, 0.6) is 0 Å². The van der Waals surface area contributed by atoms with Crippen LogP contribution in [0.25, 0.3) is 0 Å². The van der Waals surface area contributed by atoms with Gasteiger partial charge in [-0.2, -0.15) is 0 Å². The minimum absolute atomic E-state index is 0. The Hall–Kier alpha value is -0.890. The molecule has 2 N–H and O–H groups in total. The molecule has 6 heteroatoms. The number of rotatable bonds is 9. The van der Waals surface area contributed by atoms with Crippen LogP contribution in [0.1, 0.15) is 57.2 Å². The maximum Gasteiger partial charge on any atom is 0.191 e. The Morgan fingerprint density at radius 2 is 2.04 bits per heavy atom. The standard InChI is InChI=1S/C20H34N4O.HI/c1-4-21-19(23-15-18-17(3)9-8-13-22-18)24-16-20(10-6-7-11-20)12-14-25-5-2;/h8-9,13H,4-7,10-12,14-16H2,1-3H3,(H2,21,23,24);1H. The number of ether oxygens (including phenoxy) is 1. The van der Waals surface area contributed by atoms with E-state index in [0.717, 1.165) is 44.4 Å². The summed E-state index contributed by atoms with van der Waals surface area (Å²) >= 11 is 0. The molecule has 1 saturated carbocycles. The van der Waals surface area contributed by atoms with Crippen LogP contribution in [0.2, 0.25) is 0 Å². The molecule has 1 aromatic rings. The SMILES string of the molecule is CCNC(=NCc1ncccc1C)NCC1(CCOCC)CCCC1.I. The zero-order valence-corrected chi connectivity index (χ0v) is 18.8. The molecule has 1 aliphatic rings. The number of hydrogen-bond donors (Lipinski definition) is 2. The summed E-state index contributed by atoms with van der Waals surface area (Å²) < 4.78 is 5.61. The molecule has 0 bridgehead atoms. The minimum atomic E-state index is 0. The van der Waals surface area contributed by atoms with Crippen molar-refractivity contribution in [2.45, 2.75) is 59.4 Å². The Labute approximate surface area is 175 Å². The number of nitrogens with zero attached hydrogens (tertiary/aromatic N) is 2. The van der Waals surface area contributed by atoms with E-state index >= 15 is 0 Å². The predicted molar refractivity (Wildman–Crippen MR) is 119 cm³/mol. The van der Waals surface area contributed by atoms with Gasteiger partial charge in [-0.05, 0) is 57.1 Å². The van der Waals surface area contributed by atoms with Gasteiger partial charge in [0.2, 0.25) is 0 Å². The highest BCUT2D eigenvalue weighted by Crippen LogP contribution is 2.40. The molecule has 0 aromatic carbocycles. The Bertz CT molecular complexity index is 544. The van der Waals surface area contributed by atoms with Gasteiger partial charge in [-0.1, -0.05) is 18.9 Å². The van der Waals surface area contributed by atoms with Gasteiger partial charge in [0.05, 0.1) is 12.2 Å². The topological polar surface area (TPSA) is 58.5 Å². The lowest BCUT2D eigenvalue weighted by Crippen LogP contribution is -2.43. The average Bonchev–Trinajstić information content (AvgIpc) is 3.08. The van der Waals surface area contributed by atoms with Gasteiger partial charge in [0.15, 0.2) is 5.96 Å². The van der Waals surface area contributed by atoms with E-state index in [1.807, 2.05) is 12.3 Å². The summed E-state index contributed by atoms with van der Waals surface area (Å²) in [6, 6.07) is 4.05.